The summed E-state index contributed by atoms with van der Waals surface area (Å²) in [6, 6.07) is 0. The molecule has 0 fully saturated rings. The lowest BCUT2D eigenvalue weighted by Crippen LogP contribution is -2.49. The molecular formula is C12H21F6NO. The van der Waals surface area contributed by atoms with Crippen molar-refractivity contribution in [3.63, 3.8) is 0 Å². The summed E-state index contributed by atoms with van der Waals surface area (Å²) < 4.78 is 78.9. The highest BCUT2D eigenvalue weighted by molar-refractivity contribution is 4.79. The second-order valence-electron chi connectivity index (χ2n) is 5.43. The zero-order valence-corrected chi connectivity index (χ0v) is 11.9. The molecule has 0 aromatic heterocycles. The third-order valence-electron chi connectivity index (χ3n) is 2.55. The predicted octanol–water partition coefficient (Wildman–Crippen LogP) is 3.77. The molecule has 1 N–H and O–H groups in total. The Morgan fingerprint density at radius 2 is 1.30 bits per heavy atom. The summed E-state index contributed by atoms with van der Waals surface area (Å²) >= 11 is 0. The molecule has 0 rings (SSSR count). The van der Waals surface area contributed by atoms with Crippen LogP contribution in [0.5, 0.6) is 0 Å². The zero-order valence-electron chi connectivity index (χ0n) is 11.9. The van der Waals surface area contributed by atoms with Gasteiger partial charge in [0, 0.05) is 6.54 Å². The molecule has 0 aliphatic rings. The Balaban J connectivity index is 4.76. The zero-order chi connectivity index (χ0) is 16.1. The van der Waals surface area contributed by atoms with Crippen LogP contribution >= 0.6 is 0 Å². The van der Waals surface area contributed by atoms with E-state index in [1.807, 2.05) is 13.8 Å². The molecule has 0 heterocycles. The minimum absolute atomic E-state index is 0.0570. The standard InChI is InChI=1S/C12H21F6NO/c1-7(2)5-19-6-9(8(3)4)20-10(11(13,14)15)12(16,17)18/h7-10,19H,5-6H2,1-4H3. The molecule has 0 saturated heterocycles. The number of alkyl halides is 6. The van der Waals surface area contributed by atoms with Gasteiger partial charge in [-0.05, 0) is 18.4 Å². The first kappa shape index (κ1) is 19.5. The van der Waals surface area contributed by atoms with Crippen LogP contribution in [0, 0.1) is 11.8 Å². The van der Waals surface area contributed by atoms with Crippen molar-refractivity contribution in [1.29, 1.82) is 0 Å². The summed E-state index contributed by atoms with van der Waals surface area (Å²) in [7, 11) is 0. The average Bonchev–Trinajstić information content (AvgIpc) is 2.17. The van der Waals surface area contributed by atoms with Crippen molar-refractivity contribution in [2.75, 3.05) is 13.1 Å². The fourth-order valence-corrected chi connectivity index (χ4v) is 1.47. The first-order chi connectivity index (χ1) is 8.85. The van der Waals surface area contributed by atoms with Gasteiger partial charge in [0.05, 0.1) is 6.10 Å². The Morgan fingerprint density at radius 1 is 0.850 bits per heavy atom. The topological polar surface area (TPSA) is 21.3 Å². The fraction of sp³-hybridized carbons (Fsp3) is 1.00. The Morgan fingerprint density at radius 3 is 1.60 bits per heavy atom. The van der Waals surface area contributed by atoms with Gasteiger partial charge in [-0.15, -0.1) is 0 Å². The monoisotopic (exact) mass is 309 g/mol. The van der Waals surface area contributed by atoms with Gasteiger partial charge in [-0.1, -0.05) is 27.7 Å². The van der Waals surface area contributed by atoms with E-state index in [-0.39, 0.29) is 12.5 Å². The smallest absolute Gasteiger partial charge is 0.356 e. The number of rotatable bonds is 7. The van der Waals surface area contributed by atoms with Crippen molar-refractivity contribution < 1.29 is 31.1 Å². The molecule has 0 spiro atoms. The van der Waals surface area contributed by atoms with Gasteiger partial charge in [-0.25, -0.2) is 0 Å². The summed E-state index contributed by atoms with van der Waals surface area (Å²) in [6.45, 7) is 7.24. The quantitative estimate of drug-likeness (QED) is 0.723. The lowest BCUT2D eigenvalue weighted by molar-refractivity contribution is -0.333. The molecule has 0 radical (unpaired) electrons. The van der Waals surface area contributed by atoms with Gasteiger partial charge in [0.1, 0.15) is 0 Å². The minimum atomic E-state index is -5.47. The van der Waals surface area contributed by atoms with Crippen LogP contribution in [0.25, 0.3) is 0 Å². The van der Waals surface area contributed by atoms with Crippen LogP contribution in [-0.2, 0) is 4.74 Å². The first-order valence-corrected chi connectivity index (χ1v) is 6.35. The maximum atomic E-state index is 12.4. The van der Waals surface area contributed by atoms with E-state index in [0.29, 0.717) is 6.54 Å². The first-order valence-electron chi connectivity index (χ1n) is 6.35. The molecule has 0 aromatic carbocycles. The van der Waals surface area contributed by atoms with E-state index in [4.69, 9.17) is 0 Å². The molecule has 0 aromatic rings. The summed E-state index contributed by atoms with van der Waals surface area (Å²) in [5.41, 5.74) is 0. The van der Waals surface area contributed by atoms with E-state index in [0.717, 1.165) is 0 Å². The Labute approximate surface area is 114 Å². The highest BCUT2D eigenvalue weighted by Crippen LogP contribution is 2.36. The maximum Gasteiger partial charge on any atom is 0.423 e. The van der Waals surface area contributed by atoms with E-state index < -0.39 is 30.5 Å². The highest BCUT2D eigenvalue weighted by atomic mass is 19.4. The lowest BCUT2D eigenvalue weighted by atomic mass is 10.1. The number of nitrogens with one attached hydrogen (secondary N) is 1. The summed E-state index contributed by atoms with van der Waals surface area (Å²) in [6.07, 6.45) is -15.8. The largest absolute Gasteiger partial charge is 0.423 e. The second-order valence-corrected chi connectivity index (χ2v) is 5.43. The number of hydrogen-bond donors (Lipinski definition) is 1. The molecule has 0 saturated carbocycles. The van der Waals surface area contributed by atoms with Crippen LogP contribution < -0.4 is 5.32 Å². The molecule has 1 unspecified atom stereocenters. The van der Waals surface area contributed by atoms with Gasteiger partial charge in [0.25, 0.3) is 0 Å². The molecule has 1 atom stereocenters. The van der Waals surface area contributed by atoms with Crippen molar-refractivity contribution >= 4 is 0 Å². The van der Waals surface area contributed by atoms with Crippen LogP contribution in [0.3, 0.4) is 0 Å². The normalized spacial score (nSPS) is 15.4. The van der Waals surface area contributed by atoms with E-state index in [1.54, 1.807) is 0 Å². The number of ether oxygens (including phenoxy) is 1. The van der Waals surface area contributed by atoms with E-state index >= 15 is 0 Å². The van der Waals surface area contributed by atoms with Crippen LogP contribution in [-0.4, -0.2) is 37.7 Å². The molecule has 2 nitrogen and oxygen atoms in total. The molecule has 20 heavy (non-hydrogen) atoms. The van der Waals surface area contributed by atoms with Crippen LogP contribution in [0.4, 0.5) is 26.3 Å². The third-order valence-corrected chi connectivity index (χ3v) is 2.55. The minimum Gasteiger partial charge on any atom is -0.356 e. The molecule has 0 amide bonds. The van der Waals surface area contributed by atoms with E-state index in [2.05, 4.69) is 10.1 Å². The van der Waals surface area contributed by atoms with Crippen molar-refractivity contribution in [1.82, 2.24) is 5.32 Å². The van der Waals surface area contributed by atoms with Crippen molar-refractivity contribution in [3.05, 3.63) is 0 Å². The maximum absolute atomic E-state index is 12.4. The van der Waals surface area contributed by atoms with Gasteiger partial charge in [-0.2, -0.15) is 26.3 Å². The lowest BCUT2D eigenvalue weighted by Gasteiger charge is -2.30. The Kier molecular flexibility index (Phi) is 7.30. The second kappa shape index (κ2) is 7.49. The molecule has 122 valence electrons. The predicted molar refractivity (Wildman–Crippen MR) is 63.3 cm³/mol. The van der Waals surface area contributed by atoms with Gasteiger partial charge in [0.15, 0.2) is 0 Å². The Bertz CT molecular complexity index is 260. The van der Waals surface area contributed by atoms with Gasteiger partial charge < -0.3 is 10.1 Å². The molecule has 0 bridgehead atoms. The SMILES string of the molecule is CC(C)CNCC(OC(C(F)(F)F)C(F)(F)F)C(C)C. The van der Waals surface area contributed by atoms with Crippen LogP contribution in [0.15, 0.2) is 0 Å². The van der Waals surface area contributed by atoms with Crippen LogP contribution in [0.2, 0.25) is 0 Å². The van der Waals surface area contributed by atoms with Gasteiger partial charge >= 0.3 is 12.4 Å². The summed E-state index contributed by atoms with van der Waals surface area (Å²) in [5, 5.41) is 2.81. The summed E-state index contributed by atoms with van der Waals surface area (Å²) in [4.78, 5) is 0. The van der Waals surface area contributed by atoms with Crippen molar-refractivity contribution in [3.8, 4) is 0 Å². The highest BCUT2D eigenvalue weighted by Gasteiger charge is 2.58. The van der Waals surface area contributed by atoms with Crippen molar-refractivity contribution in [2.45, 2.75) is 52.3 Å². The van der Waals surface area contributed by atoms with Gasteiger partial charge in [-0.3, -0.25) is 0 Å². The van der Waals surface area contributed by atoms with Crippen LogP contribution in [0.1, 0.15) is 27.7 Å². The molecule has 8 heteroatoms. The molecular weight excluding hydrogens is 288 g/mol. The van der Waals surface area contributed by atoms with Crippen molar-refractivity contribution in [2.24, 2.45) is 11.8 Å². The van der Waals surface area contributed by atoms with Gasteiger partial charge in [0.2, 0.25) is 6.10 Å². The molecule has 0 aliphatic heterocycles. The Hall–Kier alpha value is -0.500. The fourth-order valence-electron chi connectivity index (χ4n) is 1.47. The molecule has 0 aliphatic carbocycles. The van der Waals surface area contributed by atoms with E-state index in [9.17, 15) is 26.3 Å². The third kappa shape index (κ3) is 7.33. The average molecular weight is 309 g/mol. The number of halogens is 6. The van der Waals surface area contributed by atoms with E-state index in [1.165, 1.54) is 13.8 Å². The number of hydrogen-bond acceptors (Lipinski definition) is 2. The summed E-state index contributed by atoms with van der Waals surface area (Å²) in [5.74, 6) is -0.231.